The number of hydrogen-bond donors (Lipinski definition) is 0. The molecule has 1 aromatic carbocycles. The first-order chi connectivity index (χ1) is 7.74. The molecule has 0 spiro atoms. The zero-order chi connectivity index (χ0) is 12.0. The summed E-state index contributed by atoms with van der Waals surface area (Å²) in [5.74, 6) is 6.39. The lowest BCUT2D eigenvalue weighted by atomic mass is 10.1. The Hall–Kier alpha value is -1.95. The number of rotatable bonds is 4. The van der Waals surface area contributed by atoms with Crippen LogP contribution < -0.4 is 9.47 Å². The van der Waals surface area contributed by atoms with Gasteiger partial charge in [0.1, 0.15) is 0 Å². The molecule has 0 radical (unpaired) electrons. The molecule has 0 aromatic heterocycles. The molecule has 1 aromatic rings. The number of Topliss-reactive ketones (excluding diaryl/α,β-unsaturated/α-hetero) is 1. The summed E-state index contributed by atoms with van der Waals surface area (Å²) in [6.07, 6.45) is 0.194. The Labute approximate surface area is 95.4 Å². The molecular weight excluding hydrogens is 204 g/mol. The average Bonchev–Trinajstić information content (AvgIpc) is 2.34. The van der Waals surface area contributed by atoms with Crippen LogP contribution in [0.1, 0.15) is 23.7 Å². The van der Waals surface area contributed by atoms with Crippen LogP contribution in [0, 0.1) is 11.8 Å². The fraction of sp³-hybridized carbons (Fsp3) is 0.308. The Morgan fingerprint density at radius 2 is 2.06 bits per heavy atom. The summed E-state index contributed by atoms with van der Waals surface area (Å²) < 4.78 is 10.3. The highest BCUT2D eigenvalue weighted by Gasteiger charge is 2.14. The minimum absolute atomic E-state index is 0.0647. The number of ketones is 1. The zero-order valence-corrected chi connectivity index (χ0v) is 9.66. The third kappa shape index (κ3) is 2.54. The van der Waals surface area contributed by atoms with E-state index in [1.54, 1.807) is 25.1 Å². The van der Waals surface area contributed by atoms with Crippen LogP contribution in [0.5, 0.6) is 11.5 Å². The van der Waals surface area contributed by atoms with Crippen molar-refractivity contribution in [2.45, 2.75) is 13.3 Å². The monoisotopic (exact) mass is 218 g/mol. The van der Waals surface area contributed by atoms with Crippen LogP contribution >= 0.6 is 0 Å². The Morgan fingerprint density at radius 3 is 2.62 bits per heavy atom. The van der Waals surface area contributed by atoms with Crippen LogP contribution in [0.4, 0.5) is 0 Å². The van der Waals surface area contributed by atoms with Gasteiger partial charge < -0.3 is 9.47 Å². The molecule has 0 aliphatic heterocycles. The molecule has 0 aliphatic carbocycles. The highest BCUT2D eigenvalue weighted by atomic mass is 16.5. The molecule has 0 unspecified atom stereocenters. The van der Waals surface area contributed by atoms with Crippen LogP contribution in [0.25, 0.3) is 0 Å². The third-order valence-electron chi connectivity index (χ3n) is 2.13. The molecule has 0 fully saturated rings. The summed E-state index contributed by atoms with van der Waals surface area (Å²) >= 11 is 0. The van der Waals surface area contributed by atoms with Crippen LogP contribution in [0.3, 0.4) is 0 Å². The van der Waals surface area contributed by atoms with Crippen molar-refractivity contribution in [2.75, 3.05) is 14.2 Å². The predicted molar refractivity (Wildman–Crippen MR) is 61.9 cm³/mol. The molecule has 1 rings (SSSR count). The number of methoxy groups -OCH3 is 2. The maximum atomic E-state index is 11.8. The topological polar surface area (TPSA) is 35.5 Å². The molecule has 0 amide bonds. The molecule has 0 aliphatic rings. The second-order valence-electron chi connectivity index (χ2n) is 3.07. The van der Waals surface area contributed by atoms with E-state index in [-0.39, 0.29) is 12.2 Å². The van der Waals surface area contributed by atoms with Gasteiger partial charge >= 0.3 is 0 Å². The van der Waals surface area contributed by atoms with Gasteiger partial charge in [-0.15, -0.1) is 5.92 Å². The van der Waals surface area contributed by atoms with E-state index in [1.165, 1.54) is 14.2 Å². The van der Waals surface area contributed by atoms with E-state index in [0.29, 0.717) is 17.1 Å². The minimum Gasteiger partial charge on any atom is -0.493 e. The molecule has 0 atom stereocenters. The van der Waals surface area contributed by atoms with Crippen molar-refractivity contribution >= 4 is 5.78 Å². The number of carbonyl (C=O) groups is 1. The van der Waals surface area contributed by atoms with E-state index in [9.17, 15) is 4.79 Å². The Balaban J connectivity index is 3.10. The molecule has 0 N–H and O–H groups in total. The molecule has 0 bridgehead atoms. The van der Waals surface area contributed by atoms with Gasteiger partial charge in [0.2, 0.25) is 0 Å². The third-order valence-corrected chi connectivity index (χ3v) is 2.13. The molecule has 16 heavy (non-hydrogen) atoms. The second-order valence-corrected chi connectivity index (χ2v) is 3.07. The number of benzene rings is 1. The lowest BCUT2D eigenvalue weighted by Crippen LogP contribution is -2.02. The Morgan fingerprint density at radius 1 is 1.31 bits per heavy atom. The van der Waals surface area contributed by atoms with E-state index in [4.69, 9.17) is 9.47 Å². The van der Waals surface area contributed by atoms with Gasteiger partial charge in [-0.25, -0.2) is 0 Å². The summed E-state index contributed by atoms with van der Waals surface area (Å²) in [7, 11) is 3.05. The summed E-state index contributed by atoms with van der Waals surface area (Å²) in [5, 5.41) is 0. The van der Waals surface area contributed by atoms with Gasteiger partial charge in [0.15, 0.2) is 17.3 Å². The largest absolute Gasteiger partial charge is 0.493 e. The normalized spacial score (nSPS) is 8.94. The second kappa shape index (κ2) is 5.82. The van der Waals surface area contributed by atoms with Crippen molar-refractivity contribution in [3.63, 3.8) is 0 Å². The average molecular weight is 218 g/mol. The van der Waals surface area contributed by atoms with Gasteiger partial charge in [0.25, 0.3) is 0 Å². The van der Waals surface area contributed by atoms with Crippen molar-refractivity contribution in [2.24, 2.45) is 0 Å². The van der Waals surface area contributed by atoms with Gasteiger partial charge in [-0.3, -0.25) is 4.79 Å². The quantitative estimate of drug-likeness (QED) is 0.574. The van der Waals surface area contributed by atoms with Crippen LogP contribution in [0.2, 0.25) is 0 Å². The van der Waals surface area contributed by atoms with Crippen LogP contribution in [-0.2, 0) is 0 Å². The lowest BCUT2D eigenvalue weighted by Gasteiger charge is -2.10. The van der Waals surface area contributed by atoms with E-state index in [1.807, 2.05) is 0 Å². The first-order valence-corrected chi connectivity index (χ1v) is 4.88. The fourth-order valence-corrected chi connectivity index (χ4v) is 1.37. The summed E-state index contributed by atoms with van der Waals surface area (Å²) in [4.78, 5) is 11.8. The molecule has 3 heteroatoms. The van der Waals surface area contributed by atoms with Gasteiger partial charge in [0, 0.05) is 0 Å². The van der Waals surface area contributed by atoms with E-state index < -0.39 is 0 Å². The highest BCUT2D eigenvalue weighted by molar-refractivity contribution is 6.00. The van der Waals surface area contributed by atoms with Gasteiger partial charge in [0.05, 0.1) is 26.2 Å². The van der Waals surface area contributed by atoms with E-state index in [0.717, 1.165) is 0 Å². The molecule has 0 saturated heterocycles. The molecule has 3 nitrogen and oxygen atoms in total. The van der Waals surface area contributed by atoms with E-state index in [2.05, 4.69) is 11.8 Å². The SMILES string of the molecule is CC#CCC(=O)c1cccc(OC)c1OC. The van der Waals surface area contributed by atoms with Gasteiger partial charge in [-0.05, 0) is 19.1 Å². The number of hydrogen-bond acceptors (Lipinski definition) is 3. The highest BCUT2D eigenvalue weighted by Crippen LogP contribution is 2.31. The molecular formula is C13H14O3. The molecule has 0 heterocycles. The molecule has 0 saturated carbocycles. The van der Waals surface area contributed by atoms with Crippen molar-refractivity contribution in [1.82, 2.24) is 0 Å². The molecule has 84 valence electrons. The predicted octanol–water partition coefficient (Wildman–Crippen LogP) is 2.30. The first kappa shape index (κ1) is 12.1. The maximum absolute atomic E-state index is 11.8. The summed E-state index contributed by atoms with van der Waals surface area (Å²) in [6.45, 7) is 1.70. The van der Waals surface area contributed by atoms with Crippen molar-refractivity contribution < 1.29 is 14.3 Å². The number of para-hydroxylation sites is 1. The smallest absolute Gasteiger partial charge is 0.178 e. The Bertz CT molecular complexity index is 438. The van der Waals surface area contributed by atoms with Crippen LogP contribution in [0.15, 0.2) is 18.2 Å². The van der Waals surface area contributed by atoms with Crippen molar-refractivity contribution in [3.8, 4) is 23.3 Å². The first-order valence-electron chi connectivity index (χ1n) is 4.88. The zero-order valence-electron chi connectivity index (χ0n) is 9.66. The Kier molecular flexibility index (Phi) is 4.41. The van der Waals surface area contributed by atoms with Crippen molar-refractivity contribution in [3.05, 3.63) is 23.8 Å². The minimum atomic E-state index is -0.0647. The van der Waals surface area contributed by atoms with Crippen molar-refractivity contribution in [1.29, 1.82) is 0 Å². The standard InChI is InChI=1S/C13H14O3/c1-4-5-8-11(14)10-7-6-9-12(15-2)13(10)16-3/h6-7,9H,8H2,1-3H3. The maximum Gasteiger partial charge on any atom is 0.178 e. The van der Waals surface area contributed by atoms with Gasteiger partial charge in [-0.1, -0.05) is 12.0 Å². The van der Waals surface area contributed by atoms with Gasteiger partial charge in [-0.2, -0.15) is 0 Å². The lowest BCUT2D eigenvalue weighted by molar-refractivity contribution is 0.0994. The van der Waals surface area contributed by atoms with E-state index >= 15 is 0 Å². The summed E-state index contributed by atoms with van der Waals surface area (Å²) in [6, 6.07) is 5.22. The van der Waals surface area contributed by atoms with Crippen LogP contribution in [-0.4, -0.2) is 20.0 Å². The number of ether oxygens (including phenoxy) is 2. The summed E-state index contributed by atoms with van der Waals surface area (Å²) in [5.41, 5.74) is 0.504. The fourth-order valence-electron chi connectivity index (χ4n) is 1.37. The number of carbonyl (C=O) groups excluding carboxylic acids is 1.